The molecule has 2 N–H and O–H groups in total. The van der Waals surface area contributed by atoms with Gasteiger partial charge in [0.15, 0.2) is 0 Å². The number of fused-ring (bicyclic) bond motifs is 2. The van der Waals surface area contributed by atoms with Crippen LogP contribution >= 0.6 is 0 Å². The van der Waals surface area contributed by atoms with E-state index in [0.717, 1.165) is 16.8 Å². The summed E-state index contributed by atoms with van der Waals surface area (Å²) < 4.78 is 27.9. The topological polar surface area (TPSA) is 104 Å². The molecule has 176 valence electrons. The van der Waals surface area contributed by atoms with Crippen LogP contribution in [0.25, 0.3) is 5.57 Å². The number of carbonyl (C=O) groups excluding carboxylic acids is 1. The molecular formula is C26H23N5O3S. The third kappa shape index (κ3) is 4.71. The highest BCUT2D eigenvalue weighted by Gasteiger charge is 2.26. The number of nitrogens with zero attached hydrogens (tertiary/aromatic N) is 3. The number of hydrogen-bond donors (Lipinski definition) is 2. The number of carbonyl (C=O) groups is 1. The first-order valence-corrected chi connectivity index (χ1v) is 12.5. The number of sulfonamides is 1. The molecule has 3 aromatic rings. The van der Waals surface area contributed by atoms with Gasteiger partial charge in [-0.3, -0.25) is 9.52 Å². The van der Waals surface area contributed by atoms with E-state index in [1.807, 2.05) is 30.4 Å². The Bertz CT molecular complexity index is 1480. The van der Waals surface area contributed by atoms with Crippen LogP contribution < -0.4 is 10.0 Å². The molecule has 1 aliphatic carbocycles. The zero-order valence-corrected chi connectivity index (χ0v) is 19.8. The molecule has 1 aliphatic heterocycles. The molecule has 0 saturated heterocycles. The molecule has 0 spiro atoms. The van der Waals surface area contributed by atoms with Crippen LogP contribution in [0.15, 0.2) is 95.7 Å². The van der Waals surface area contributed by atoms with Crippen LogP contribution in [0.2, 0.25) is 0 Å². The van der Waals surface area contributed by atoms with Crippen molar-refractivity contribution < 1.29 is 13.2 Å². The second-order valence-corrected chi connectivity index (χ2v) is 9.85. The van der Waals surface area contributed by atoms with E-state index >= 15 is 0 Å². The average molecular weight is 486 g/mol. The zero-order valence-electron chi connectivity index (χ0n) is 19.0. The van der Waals surface area contributed by atoms with Gasteiger partial charge in [0.05, 0.1) is 17.0 Å². The Morgan fingerprint density at radius 2 is 1.74 bits per heavy atom. The first-order valence-electron chi connectivity index (χ1n) is 11.0. The second-order valence-electron chi connectivity index (χ2n) is 8.17. The van der Waals surface area contributed by atoms with Gasteiger partial charge in [-0.2, -0.15) is 0 Å². The number of anilines is 3. The van der Waals surface area contributed by atoms with Crippen molar-refractivity contribution in [2.75, 3.05) is 17.1 Å². The molecule has 8 nitrogen and oxygen atoms in total. The van der Waals surface area contributed by atoms with Gasteiger partial charge in [-0.1, -0.05) is 42.5 Å². The summed E-state index contributed by atoms with van der Waals surface area (Å²) in [5, 5.41) is 3.14. The highest BCUT2D eigenvalue weighted by molar-refractivity contribution is 7.92. The lowest BCUT2D eigenvalue weighted by molar-refractivity contribution is -0.127. The van der Waals surface area contributed by atoms with Crippen molar-refractivity contribution in [3.05, 3.63) is 102 Å². The quantitative estimate of drug-likeness (QED) is 0.560. The van der Waals surface area contributed by atoms with Gasteiger partial charge in [-0.15, -0.1) is 0 Å². The van der Waals surface area contributed by atoms with Crippen LogP contribution in [0.5, 0.6) is 0 Å². The maximum atomic E-state index is 12.7. The van der Waals surface area contributed by atoms with E-state index in [1.165, 1.54) is 12.1 Å². The molecule has 35 heavy (non-hydrogen) atoms. The van der Waals surface area contributed by atoms with Crippen LogP contribution in [0.4, 0.5) is 17.3 Å². The third-order valence-corrected chi connectivity index (χ3v) is 7.22. The molecule has 5 rings (SSSR count). The number of amides is 1. The smallest absolute Gasteiger partial charge is 0.261 e. The molecule has 0 unspecified atom stereocenters. The molecule has 0 fully saturated rings. The zero-order chi connectivity index (χ0) is 24.4. The van der Waals surface area contributed by atoms with E-state index in [1.54, 1.807) is 54.5 Å². The van der Waals surface area contributed by atoms with E-state index in [4.69, 9.17) is 4.98 Å². The van der Waals surface area contributed by atoms with Gasteiger partial charge in [0.25, 0.3) is 10.0 Å². The number of hydrogen-bond acceptors (Lipinski definition) is 6. The number of nitrogens with one attached hydrogen (secondary N) is 2. The summed E-state index contributed by atoms with van der Waals surface area (Å²) in [7, 11) is -1.93. The van der Waals surface area contributed by atoms with Crippen LogP contribution in [-0.4, -0.2) is 36.2 Å². The molecule has 9 heteroatoms. The van der Waals surface area contributed by atoms with Gasteiger partial charge in [0.2, 0.25) is 11.9 Å². The fourth-order valence-electron chi connectivity index (χ4n) is 3.98. The van der Waals surface area contributed by atoms with Gasteiger partial charge in [0.1, 0.15) is 0 Å². The Hall–Kier alpha value is -4.24. The van der Waals surface area contributed by atoms with Gasteiger partial charge >= 0.3 is 0 Å². The van der Waals surface area contributed by atoms with Gasteiger partial charge in [-0.25, -0.2) is 18.4 Å². The van der Waals surface area contributed by atoms with Gasteiger partial charge < -0.3 is 10.2 Å². The predicted octanol–water partition coefficient (Wildman–Crippen LogP) is 4.26. The van der Waals surface area contributed by atoms with E-state index in [2.05, 4.69) is 15.0 Å². The van der Waals surface area contributed by atoms with E-state index in [-0.39, 0.29) is 17.2 Å². The highest BCUT2D eigenvalue weighted by Crippen LogP contribution is 2.32. The summed E-state index contributed by atoms with van der Waals surface area (Å²) in [6, 6.07) is 15.1. The van der Waals surface area contributed by atoms with Crippen molar-refractivity contribution in [2.45, 2.75) is 17.7 Å². The van der Waals surface area contributed by atoms with E-state index < -0.39 is 10.0 Å². The summed E-state index contributed by atoms with van der Waals surface area (Å²) in [5.41, 5.74) is 4.38. The summed E-state index contributed by atoms with van der Waals surface area (Å²) in [6.07, 6.45) is 10.4. The Balaban J connectivity index is 1.41. The van der Waals surface area contributed by atoms with Crippen molar-refractivity contribution in [3.63, 3.8) is 0 Å². The Morgan fingerprint density at radius 3 is 2.51 bits per heavy atom. The minimum Gasteiger partial charge on any atom is -0.324 e. The highest BCUT2D eigenvalue weighted by atomic mass is 32.2. The minimum atomic E-state index is -3.71. The fourth-order valence-corrected chi connectivity index (χ4v) is 5.04. The van der Waals surface area contributed by atoms with Crippen molar-refractivity contribution in [3.8, 4) is 0 Å². The molecule has 0 atom stereocenters. The lowest BCUT2D eigenvalue weighted by Gasteiger charge is -2.19. The molecular weight excluding hydrogens is 462 g/mol. The molecule has 2 heterocycles. The predicted molar refractivity (Wildman–Crippen MR) is 135 cm³/mol. The Labute approximate surface area is 203 Å². The molecule has 2 aromatic carbocycles. The lowest BCUT2D eigenvalue weighted by Crippen LogP contribution is -2.26. The Kier molecular flexibility index (Phi) is 5.92. The molecule has 1 aromatic heterocycles. The lowest BCUT2D eigenvalue weighted by atomic mass is 10.0. The van der Waals surface area contributed by atoms with Crippen LogP contribution in [0.3, 0.4) is 0 Å². The third-order valence-electron chi connectivity index (χ3n) is 5.82. The molecule has 0 saturated carbocycles. The number of likely N-dealkylation sites (N-methyl/N-ethyl adjacent to an activating group) is 1. The first kappa shape index (κ1) is 22.5. The number of aromatic nitrogens is 2. The standard InChI is InChI=1S/C26H23N5O3S/c1-31-23-11-7-3-6-10-22(23)25-18(16-24(31)32)17-27-26(29-25)28-19-12-14-21(15-13-19)35(33,34)30-20-8-4-2-5-9-20/h2-10,12-15,17,30H,11,16H2,1H3,(H,27,28,29). The number of rotatable bonds is 5. The average Bonchev–Trinajstić information content (AvgIpc) is 3.15. The summed E-state index contributed by atoms with van der Waals surface area (Å²) >= 11 is 0. The fraction of sp³-hybridized carbons (Fsp3) is 0.115. The maximum absolute atomic E-state index is 12.7. The van der Waals surface area contributed by atoms with Gasteiger partial charge in [0, 0.05) is 47.9 Å². The maximum Gasteiger partial charge on any atom is 0.261 e. The second kappa shape index (κ2) is 9.19. The van der Waals surface area contributed by atoms with Crippen LogP contribution in [0, 0.1) is 0 Å². The molecule has 0 bridgehead atoms. The SMILES string of the molecule is CN1C(=O)Cc2cnc(Nc3ccc(S(=O)(=O)Nc4ccccc4)cc3)nc2C2=C1CC=CC=C2. The van der Waals surface area contributed by atoms with E-state index in [9.17, 15) is 13.2 Å². The van der Waals surface area contributed by atoms with E-state index in [0.29, 0.717) is 29.4 Å². The largest absolute Gasteiger partial charge is 0.324 e. The van der Waals surface area contributed by atoms with Crippen molar-refractivity contribution in [1.82, 2.24) is 14.9 Å². The normalized spacial score (nSPS) is 15.2. The van der Waals surface area contributed by atoms with Gasteiger partial charge in [-0.05, 0) is 36.4 Å². The van der Waals surface area contributed by atoms with Crippen molar-refractivity contribution in [1.29, 1.82) is 0 Å². The summed E-state index contributed by atoms with van der Waals surface area (Å²) in [6.45, 7) is 0. The number of allylic oxidation sites excluding steroid dienone is 5. The summed E-state index contributed by atoms with van der Waals surface area (Å²) in [4.78, 5) is 23.6. The minimum absolute atomic E-state index is 0.00910. The summed E-state index contributed by atoms with van der Waals surface area (Å²) in [5.74, 6) is 0.349. The number of benzene rings is 2. The molecule has 2 aliphatic rings. The monoisotopic (exact) mass is 485 g/mol. The van der Waals surface area contributed by atoms with Crippen LogP contribution in [-0.2, 0) is 21.2 Å². The molecule has 1 amide bonds. The number of para-hydroxylation sites is 1. The molecule has 0 radical (unpaired) electrons. The Morgan fingerprint density at radius 1 is 0.971 bits per heavy atom. The van der Waals surface area contributed by atoms with Crippen molar-refractivity contribution >= 4 is 38.8 Å². The van der Waals surface area contributed by atoms with Crippen LogP contribution in [0.1, 0.15) is 17.7 Å². The van der Waals surface area contributed by atoms with Crippen molar-refractivity contribution in [2.24, 2.45) is 0 Å². The first-order chi connectivity index (χ1) is 16.9.